The van der Waals surface area contributed by atoms with Crippen molar-refractivity contribution in [1.82, 2.24) is 4.98 Å². The van der Waals surface area contributed by atoms with Crippen molar-refractivity contribution in [1.29, 1.82) is 0 Å². The lowest BCUT2D eigenvalue weighted by Gasteiger charge is -2.11. The Labute approximate surface area is 131 Å². The summed E-state index contributed by atoms with van der Waals surface area (Å²) >= 11 is 11.6. The summed E-state index contributed by atoms with van der Waals surface area (Å²) in [6.45, 7) is 0. The van der Waals surface area contributed by atoms with Gasteiger partial charge in [0.15, 0.2) is 5.75 Å². The van der Waals surface area contributed by atoms with Crippen LogP contribution in [0.1, 0.15) is 0 Å². The number of hydrogen-bond acceptors (Lipinski definition) is 5. The molecular weight excluding hydrogens is 339 g/mol. The van der Waals surface area contributed by atoms with Gasteiger partial charge in [-0.15, -0.1) is 0 Å². The quantitative estimate of drug-likeness (QED) is 0.886. The normalized spacial score (nSPS) is 11.2. The fourth-order valence-electron chi connectivity index (χ4n) is 1.52. The fourth-order valence-corrected chi connectivity index (χ4v) is 3.08. The van der Waals surface area contributed by atoms with E-state index in [1.807, 2.05) is 0 Å². The zero-order valence-electron chi connectivity index (χ0n) is 10.7. The van der Waals surface area contributed by atoms with E-state index < -0.39 is 15.8 Å². The molecule has 0 radical (unpaired) electrons. The predicted octanol–water partition coefficient (Wildman–Crippen LogP) is 2.90. The lowest BCUT2D eigenvalue weighted by molar-refractivity contribution is 0.414. The van der Waals surface area contributed by atoms with Gasteiger partial charge in [-0.3, -0.25) is 9.71 Å². The first-order chi connectivity index (χ1) is 9.85. The van der Waals surface area contributed by atoms with Gasteiger partial charge >= 0.3 is 0 Å². The molecule has 2 rings (SSSR count). The van der Waals surface area contributed by atoms with Crippen LogP contribution >= 0.6 is 23.2 Å². The van der Waals surface area contributed by atoms with Crippen molar-refractivity contribution >= 4 is 38.9 Å². The van der Waals surface area contributed by atoms with E-state index in [1.54, 1.807) is 0 Å². The van der Waals surface area contributed by atoms with Crippen molar-refractivity contribution < 1.29 is 18.3 Å². The van der Waals surface area contributed by atoms with Crippen molar-refractivity contribution in [3.05, 3.63) is 40.6 Å². The maximum Gasteiger partial charge on any atom is 0.262 e. The van der Waals surface area contributed by atoms with E-state index in [1.165, 1.54) is 31.5 Å². The van der Waals surface area contributed by atoms with Crippen LogP contribution in [-0.2, 0) is 10.0 Å². The Morgan fingerprint density at radius 3 is 2.57 bits per heavy atom. The number of anilines is 1. The van der Waals surface area contributed by atoms with Crippen molar-refractivity contribution in [3.8, 4) is 11.5 Å². The van der Waals surface area contributed by atoms with Crippen LogP contribution in [0.2, 0.25) is 10.0 Å². The highest BCUT2D eigenvalue weighted by Crippen LogP contribution is 2.32. The summed E-state index contributed by atoms with van der Waals surface area (Å²) in [5.41, 5.74) is -0.130. The fraction of sp³-hybridized carbons (Fsp3) is 0.0833. The van der Waals surface area contributed by atoms with Gasteiger partial charge in [0.05, 0.1) is 23.2 Å². The summed E-state index contributed by atoms with van der Waals surface area (Å²) in [6, 6.07) is 3.98. The average molecular weight is 349 g/mol. The van der Waals surface area contributed by atoms with Crippen LogP contribution in [0.5, 0.6) is 11.5 Å². The number of aromatic nitrogens is 1. The van der Waals surface area contributed by atoms with Crippen LogP contribution in [0.3, 0.4) is 0 Å². The third-order valence-corrected chi connectivity index (χ3v) is 4.49. The zero-order chi connectivity index (χ0) is 15.6. The molecule has 1 heterocycles. The molecule has 0 bridgehead atoms. The van der Waals surface area contributed by atoms with Crippen LogP contribution in [-0.4, -0.2) is 25.6 Å². The van der Waals surface area contributed by atoms with Gasteiger partial charge in [-0.05, 0) is 18.2 Å². The molecule has 0 spiro atoms. The number of rotatable bonds is 4. The van der Waals surface area contributed by atoms with Gasteiger partial charge < -0.3 is 9.84 Å². The Morgan fingerprint density at radius 2 is 1.95 bits per heavy atom. The van der Waals surface area contributed by atoms with E-state index in [0.717, 1.165) is 6.20 Å². The minimum atomic E-state index is -3.95. The molecule has 2 aromatic rings. The number of halogens is 2. The molecule has 0 aliphatic rings. The van der Waals surface area contributed by atoms with Crippen LogP contribution < -0.4 is 9.46 Å². The highest BCUT2D eigenvalue weighted by molar-refractivity contribution is 7.92. The third-order valence-electron chi connectivity index (χ3n) is 2.55. The average Bonchev–Trinajstić information content (AvgIpc) is 2.43. The largest absolute Gasteiger partial charge is 0.504 e. The SMILES string of the molecule is COc1ccc(S(=O)(=O)Nc2cncc(Cl)c2O)cc1Cl. The van der Waals surface area contributed by atoms with Crippen LogP contribution in [0, 0.1) is 0 Å². The van der Waals surface area contributed by atoms with Gasteiger partial charge in [0.1, 0.15) is 16.5 Å². The van der Waals surface area contributed by atoms with Gasteiger partial charge in [-0.2, -0.15) is 0 Å². The molecule has 2 N–H and O–H groups in total. The molecular formula is C12H10Cl2N2O4S. The highest BCUT2D eigenvalue weighted by Gasteiger charge is 2.19. The minimum absolute atomic E-state index is 0.0667. The Bertz CT molecular complexity index is 781. The molecule has 0 saturated heterocycles. The highest BCUT2D eigenvalue weighted by atomic mass is 35.5. The van der Waals surface area contributed by atoms with Gasteiger partial charge in [-0.25, -0.2) is 8.42 Å². The number of sulfonamides is 1. The second-order valence-corrected chi connectivity index (χ2v) is 6.42. The first-order valence-electron chi connectivity index (χ1n) is 5.54. The number of nitrogens with zero attached hydrogens (tertiary/aromatic N) is 1. The zero-order valence-corrected chi connectivity index (χ0v) is 13.0. The number of hydrogen-bond donors (Lipinski definition) is 2. The molecule has 1 aromatic heterocycles. The third kappa shape index (κ3) is 3.31. The summed E-state index contributed by atoms with van der Waals surface area (Å²) in [4.78, 5) is 3.61. The van der Waals surface area contributed by atoms with Crippen LogP contribution in [0.15, 0.2) is 35.5 Å². The summed E-state index contributed by atoms with van der Waals surface area (Å²) in [5, 5.41) is 9.78. The molecule has 0 amide bonds. The van der Waals surface area contributed by atoms with Crippen molar-refractivity contribution in [2.45, 2.75) is 4.90 Å². The topological polar surface area (TPSA) is 88.5 Å². The molecule has 21 heavy (non-hydrogen) atoms. The van der Waals surface area contributed by atoms with E-state index in [2.05, 4.69) is 9.71 Å². The van der Waals surface area contributed by atoms with Crippen LogP contribution in [0.25, 0.3) is 0 Å². The molecule has 0 aliphatic carbocycles. The molecule has 112 valence electrons. The smallest absolute Gasteiger partial charge is 0.262 e. The molecule has 6 nitrogen and oxygen atoms in total. The summed E-state index contributed by atoms with van der Waals surface area (Å²) in [6.07, 6.45) is 2.34. The van der Waals surface area contributed by atoms with Gasteiger partial charge in [0.2, 0.25) is 0 Å². The molecule has 0 atom stereocenters. The first-order valence-corrected chi connectivity index (χ1v) is 7.78. The Kier molecular flexibility index (Phi) is 4.46. The lowest BCUT2D eigenvalue weighted by atomic mass is 10.3. The molecule has 9 heteroatoms. The van der Waals surface area contributed by atoms with Crippen molar-refractivity contribution in [2.75, 3.05) is 11.8 Å². The molecule has 0 fully saturated rings. The Hall–Kier alpha value is -1.70. The van der Waals surface area contributed by atoms with Crippen LogP contribution in [0.4, 0.5) is 5.69 Å². The van der Waals surface area contributed by atoms with E-state index in [4.69, 9.17) is 27.9 Å². The number of pyridine rings is 1. The lowest BCUT2D eigenvalue weighted by Crippen LogP contribution is -2.13. The molecule has 1 aromatic carbocycles. The Morgan fingerprint density at radius 1 is 1.24 bits per heavy atom. The number of nitrogens with one attached hydrogen (secondary N) is 1. The number of ether oxygens (including phenoxy) is 1. The summed E-state index contributed by atoms with van der Waals surface area (Å²) < 4.78 is 31.6. The van der Waals surface area contributed by atoms with Crippen molar-refractivity contribution in [3.63, 3.8) is 0 Å². The second-order valence-electron chi connectivity index (χ2n) is 3.92. The standard InChI is InChI=1S/C12H10Cl2N2O4S/c1-20-11-3-2-7(4-8(11)13)21(18,19)16-10-6-15-5-9(14)12(10)17/h2-6,16H,1H3,(H,15,17). The summed E-state index contributed by atoms with van der Waals surface area (Å²) in [7, 11) is -2.53. The van der Waals surface area contributed by atoms with Gasteiger partial charge in [-0.1, -0.05) is 23.2 Å². The maximum atomic E-state index is 12.2. The maximum absolute atomic E-state index is 12.2. The number of methoxy groups -OCH3 is 1. The number of aromatic hydroxyl groups is 1. The van der Waals surface area contributed by atoms with Gasteiger partial charge in [0.25, 0.3) is 10.0 Å². The van der Waals surface area contributed by atoms with E-state index in [-0.39, 0.29) is 20.6 Å². The van der Waals surface area contributed by atoms with Crippen molar-refractivity contribution in [2.24, 2.45) is 0 Å². The van der Waals surface area contributed by atoms with Gasteiger partial charge in [0, 0.05) is 6.20 Å². The summed E-state index contributed by atoms with van der Waals surface area (Å²) in [5.74, 6) is -0.0577. The predicted molar refractivity (Wildman–Crippen MR) is 79.7 cm³/mol. The molecule has 0 unspecified atom stereocenters. The Balaban J connectivity index is 2.39. The van der Waals surface area contributed by atoms with E-state index in [9.17, 15) is 13.5 Å². The molecule has 0 aliphatic heterocycles. The first kappa shape index (κ1) is 15.7. The molecule has 0 saturated carbocycles. The van der Waals surface area contributed by atoms with E-state index in [0.29, 0.717) is 5.75 Å². The van der Waals surface area contributed by atoms with E-state index >= 15 is 0 Å². The number of benzene rings is 1. The monoisotopic (exact) mass is 348 g/mol. The minimum Gasteiger partial charge on any atom is -0.504 e. The second kappa shape index (κ2) is 5.97.